The predicted molar refractivity (Wildman–Crippen MR) is 63.6 cm³/mol. The van der Waals surface area contributed by atoms with Crippen molar-refractivity contribution in [2.24, 2.45) is 5.92 Å². The van der Waals surface area contributed by atoms with E-state index in [9.17, 15) is 4.79 Å². The van der Waals surface area contributed by atoms with Crippen molar-refractivity contribution in [3.63, 3.8) is 0 Å². The summed E-state index contributed by atoms with van der Waals surface area (Å²) in [5.41, 5.74) is 0. The summed E-state index contributed by atoms with van der Waals surface area (Å²) in [4.78, 5) is 15.8. The number of aromatic amines is 1. The number of carbonyl (C=O) groups is 1. The number of hydrogen-bond donors (Lipinski definition) is 3. The summed E-state index contributed by atoms with van der Waals surface area (Å²) in [6.45, 7) is 5.93. The van der Waals surface area contributed by atoms with Gasteiger partial charge in [0.1, 0.15) is 5.82 Å². The molecule has 0 aliphatic heterocycles. The fraction of sp³-hybridized carbons (Fsp3) is 0.727. The smallest absolute Gasteiger partial charge is 0.291 e. The van der Waals surface area contributed by atoms with Gasteiger partial charge >= 0.3 is 0 Å². The van der Waals surface area contributed by atoms with E-state index in [1.165, 1.54) is 0 Å². The van der Waals surface area contributed by atoms with E-state index in [0.29, 0.717) is 18.2 Å². The molecule has 0 spiro atoms. The summed E-state index contributed by atoms with van der Waals surface area (Å²) >= 11 is 0. The maximum Gasteiger partial charge on any atom is 0.291 e. The molecule has 1 amide bonds. The standard InChI is InChI=1S/C11H20N4O2/c1-4-9-13-10(15-14-9)11(17)12-8(6-16)5-7(2)3/h7-8,16H,4-6H2,1-3H3,(H,12,17)(H,13,14,15). The monoisotopic (exact) mass is 240 g/mol. The Hall–Kier alpha value is -1.43. The molecule has 0 aliphatic carbocycles. The lowest BCUT2D eigenvalue weighted by Crippen LogP contribution is -2.38. The maximum atomic E-state index is 11.8. The van der Waals surface area contributed by atoms with Gasteiger partial charge in [0, 0.05) is 6.42 Å². The van der Waals surface area contributed by atoms with Crippen molar-refractivity contribution in [2.45, 2.75) is 39.7 Å². The summed E-state index contributed by atoms with van der Waals surface area (Å²) in [6.07, 6.45) is 1.43. The Kier molecular flexibility index (Phi) is 5.09. The number of amides is 1. The van der Waals surface area contributed by atoms with Crippen LogP contribution in [0.1, 0.15) is 43.6 Å². The van der Waals surface area contributed by atoms with E-state index in [1.54, 1.807) is 0 Å². The molecule has 0 bridgehead atoms. The molecule has 0 saturated carbocycles. The van der Waals surface area contributed by atoms with Crippen LogP contribution in [0.3, 0.4) is 0 Å². The highest BCUT2D eigenvalue weighted by Gasteiger charge is 2.17. The van der Waals surface area contributed by atoms with Crippen molar-refractivity contribution in [3.05, 3.63) is 11.6 Å². The van der Waals surface area contributed by atoms with Crippen LogP contribution in [0.2, 0.25) is 0 Å². The highest BCUT2D eigenvalue weighted by Crippen LogP contribution is 2.05. The van der Waals surface area contributed by atoms with Crippen molar-refractivity contribution in [3.8, 4) is 0 Å². The Morgan fingerprint density at radius 2 is 2.24 bits per heavy atom. The summed E-state index contributed by atoms with van der Waals surface area (Å²) in [5.74, 6) is 0.870. The molecule has 0 radical (unpaired) electrons. The van der Waals surface area contributed by atoms with Gasteiger partial charge in [-0.25, -0.2) is 4.98 Å². The number of aryl methyl sites for hydroxylation is 1. The van der Waals surface area contributed by atoms with E-state index in [0.717, 1.165) is 6.42 Å². The molecule has 3 N–H and O–H groups in total. The quantitative estimate of drug-likeness (QED) is 0.675. The molecule has 1 aromatic rings. The zero-order valence-corrected chi connectivity index (χ0v) is 10.5. The third kappa shape index (κ3) is 4.14. The number of hydrogen-bond acceptors (Lipinski definition) is 4. The van der Waals surface area contributed by atoms with Crippen LogP contribution in [-0.4, -0.2) is 38.8 Å². The van der Waals surface area contributed by atoms with E-state index in [-0.39, 0.29) is 24.4 Å². The van der Waals surface area contributed by atoms with Gasteiger partial charge in [-0.2, -0.15) is 0 Å². The molecule has 0 aliphatic rings. The Balaban J connectivity index is 2.57. The first-order valence-corrected chi connectivity index (χ1v) is 5.89. The average molecular weight is 240 g/mol. The van der Waals surface area contributed by atoms with Crippen molar-refractivity contribution < 1.29 is 9.90 Å². The van der Waals surface area contributed by atoms with Crippen LogP contribution in [0.4, 0.5) is 0 Å². The average Bonchev–Trinajstić information content (AvgIpc) is 2.75. The maximum absolute atomic E-state index is 11.8. The van der Waals surface area contributed by atoms with Crippen molar-refractivity contribution in [1.82, 2.24) is 20.5 Å². The molecule has 1 unspecified atom stereocenters. The number of carbonyl (C=O) groups excluding carboxylic acids is 1. The second-order valence-electron chi connectivity index (χ2n) is 4.44. The summed E-state index contributed by atoms with van der Waals surface area (Å²) in [7, 11) is 0. The van der Waals surface area contributed by atoms with Crippen LogP contribution < -0.4 is 5.32 Å². The van der Waals surface area contributed by atoms with Crippen LogP contribution in [0.5, 0.6) is 0 Å². The predicted octanol–water partition coefficient (Wildman–Crippen LogP) is 0.504. The first-order chi connectivity index (χ1) is 8.06. The van der Waals surface area contributed by atoms with Crippen LogP contribution in [0, 0.1) is 5.92 Å². The Labute approximate surface area is 101 Å². The molecule has 0 fully saturated rings. The normalized spacial score (nSPS) is 12.8. The zero-order chi connectivity index (χ0) is 12.8. The van der Waals surface area contributed by atoms with Gasteiger partial charge in [0.05, 0.1) is 12.6 Å². The molecule has 1 heterocycles. The third-order valence-electron chi connectivity index (χ3n) is 2.38. The van der Waals surface area contributed by atoms with Gasteiger partial charge in [0.2, 0.25) is 5.82 Å². The molecular formula is C11H20N4O2. The fourth-order valence-electron chi connectivity index (χ4n) is 1.55. The van der Waals surface area contributed by atoms with E-state index >= 15 is 0 Å². The van der Waals surface area contributed by atoms with Gasteiger partial charge in [-0.15, -0.1) is 5.10 Å². The lowest BCUT2D eigenvalue weighted by atomic mass is 10.0. The van der Waals surface area contributed by atoms with Gasteiger partial charge in [-0.3, -0.25) is 9.89 Å². The zero-order valence-electron chi connectivity index (χ0n) is 10.5. The molecule has 1 rings (SSSR count). The SMILES string of the molecule is CCc1nc(C(=O)NC(CO)CC(C)C)n[nH]1. The summed E-state index contributed by atoms with van der Waals surface area (Å²) in [6, 6.07) is -0.244. The molecule has 1 atom stereocenters. The number of aliphatic hydroxyl groups is 1. The van der Waals surface area contributed by atoms with E-state index in [4.69, 9.17) is 5.11 Å². The minimum Gasteiger partial charge on any atom is -0.394 e. The van der Waals surface area contributed by atoms with Crippen LogP contribution in [0.15, 0.2) is 0 Å². The van der Waals surface area contributed by atoms with Crippen molar-refractivity contribution in [1.29, 1.82) is 0 Å². The summed E-state index contributed by atoms with van der Waals surface area (Å²) < 4.78 is 0. The third-order valence-corrected chi connectivity index (χ3v) is 2.38. The molecule has 17 heavy (non-hydrogen) atoms. The van der Waals surface area contributed by atoms with Gasteiger partial charge < -0.3 is 10.4 Å². The largest absolute Gasteiger partial charge is 0.394 e. The first kappa shape index (κ1) is 13.6. The molecule has 96 valence electrons. The molecule has 0 saturated heterocycles. The van der Waals surface area contributed by atoms with E-state index in [1.807, 2.05) is 20.8 Å². The van der Waals surface area contributed by atoms with Gasteiger partial charge in [0.25, 0.3) is 5.91 Å². The Morgan fingerprint density at radius 1 is 1.53 bits per heavy atom. The Bertz CT molecular complexity index is 362. The fourth-order valence-corrected chi connectivity index (χ4v) is 1.55. The number of rotatable bonds is 6. The Morgan fingerprint density at radius 3 is 2.71 bits per heavy atom. The topological polar surface area (TPSA) is 90.9 Å². The first-order valence-electron chi connectivity index (χ1n) is 5.89. The van der Waals surface area contributed by atoms with Crippen LogP contribution >= 0.6 is 0 Å². The van der Waals surface area contributed by atoms with Gasteiger partial charge in [0.15, 0.2) is 0 Å². The van der Waals surface area contributed by atoms with Crippen LogP contribution in [0.25, 0.3) is 0 Å². The second kappa shape index (κ2) is 6.34. The molecule has 0 aromatic carbocycles. The minimum absolute atomic E-state index is 0.0744. The summed E-state index contributed by atoms with van der Waals surface area (Å²) in [5, 5.41) is 18.4. The lowest BCUT2D eigenvalue weighted by molar-refractivity contribution is 0.0898. The van der Waals surface area contributed by atoms with E-state index in [2.05, 4.69) is 20.5 Å². The number of H-pyrrole nitrogens is 1. The minimum atomic E-state index is -0.347. The highest BCUT2D eigenvalue weighted by atomic mass is 16.3. The van der Waals surface area contributed by atoms with E-state index < -0.39 is 0 Å². The number of nitrogens with one attached hydrogen (secondary N) is 2. The van der Waals surface area contributed by atoms with Gasteiger partial charge in [-0.05, 0) is 12.3 Å². The molecular weight excluding hydrogens is 220 g/mol. The van der Waals surface area contributed by atoms with Crippen molar-refractivity contribution in [2.75, 3.05) is 6.61 Å². The lowest BCUT2D eigenvalue weighted by Gasteiger charge is -2.17. The molecule has 1 aromatic heterocycles. The number of nitrogens with zero attached hydrogens (tertiary/aromatic N) is 2. The second-order valence-corrected chi connectivity index (χ2v) is 4.44. The molecule has 6 nitrogen and oxygen atoms in total. The van der Waals surface area contributed by atoms with Crippen LogP contribution in [-0.2, 0) is 6.42 Å². The highest BCUT2D eigenvalue weighted by molar-refractivity contribution is 5.90. The number of aromatic nitrogens is 3. The van der Waals surface area contributed by atoms with Crippen molar-refractivity contribution >= 4 is 5.91 Å². The molecule has 6 heteroatoms. The number of aliphatic hydroxyl groups excluding tert-OH is 1. The van der Waals surface area contributed by atoms with Gasteiger partial charge in [-0.1, -0.05) is 20.8 Å².